The van der Waals surface area contributed by atoms with Crippen LogP contribution in [0.1, 0.15) is 38.2 Å². The van der Waals surface area contributed by atoms with Crippen LogP contribution in [0.5, 0.6) is 0 Å². The summed E-state index contributed by atoms with van der Waals surface area (Å²) < 4.78 is 0. The molecule has 0 radical (unpaired) electrons. The molecule has 3 atom stereocenters. The Hall–Kier alpha value is -2.16. The van der Waals surface area contributed by atoms with Gasteiger partial charge in [0.1, 0.15) is 0 Å². The Bertz CT molecular complexity index is 777. The number of rotatable bonds is 3. The van der Waals surface area contributed by atoms with Crippen molar-refractivity contribution in [2.75, 3.05) is 0 Å². The smallest absolute Gasteiger partial charge is 0.244 e. The maximum atomic E-state index is 12.4. The SMILES string of the molecule is C[C@]12CCCC[C@H]1[C@@H]2C(=O)N/N=C/c1cccc2ccccc12. The Morgan fingerprint density at radius 1 is 1.22 bits per heavy atom. The number of hydrogen-bond donors (Lipinski definition) is 1. The van der Waals surface area contributed by atoms with Crippen LogP contribution >= 0.6 is 0 Å². The Kier molecular flexibility index (Phi) is 3.44. The number of fused-ring (bicyclic) bond motifs is 2. The Morgan fingerprint density at radius 3 is 2.87 bits per heavy atom. The number of nitrogens with zero attached hydrogens (tertiary/aromatic N) is 1. The molecule has 118 valence electrons. The zero-order valence-corrected chi connectivity index (χ0v) is 13.5. The minimum Gasteiger partial charge on any atom is -0.273 e. The fourth-order valence-corrected chi connectivity index (χ4v) is 4.45. The summed E-state index contributed by atoms with van der Waals surface area (Å²) >= 11 is 0. The van der Waals surface area contributed by atoms with Crippen molar-refractivity contribution in [3.63, 3.8) is 0 Å². The van der Waals surface area contributed by atoms with E-state index in [1.807, 2.05) is 24.3 Å². The van der Waals surface area contributed by atoms with Crippen LogP contribution in [-0.2, 0) is 4.79 Å². The normalized spacial score (nSPS) is 29.4. The monoisotopic (exact) mass is 306 g/mol. The zero-order valence-electron chi connectivity index (χ0n) is 13.5. The van der Waals surface area contributed by atoms with Crippen molar-refractivity contribution in [1.29, 1.82) is 0 Å². The topological polar surface area (TPSA) is 41.5 Å². The van der Waals surface area contributed by atoms with E-state index in [9.17, 15) is 4.79 Å². The predicted octanol–water partition coefficient (Wildman–Crippen LogP) is 4.12. The summed E-state index contributed by atoms with van der Waals surface area (Å²) in [7, 11) is 0. The second kappa shape index (κ2) is 5.48. The zero-order chi connectivity index (χ0) is 15.9. The highest BCUT2D eigenvalue weighted by Gasteiger charge is 2.64. The van der Waals surface area contributed by atoms with Gasteiger partial charge in [0.2, 0.25) is 5.91 Å². The molecule has 2 saturated carbocycles. The molecule has 3 heteroatoms. The van der Waals surface area contributed by atoms with E-state index < -0.39 is 0 Å². The van der Waals surface area contributed by atoms with Gasteiger partial charge in [-0.1, -0.05) is 62.2 Å². The first-order valence-electron chi connectivity index (χ1n) is 8.51. The van der Waals surface area contributed by atoms with Crippen molar-refractivity contribution < 1.29 is 4.79 Å². The maximum absolute atomic E-state index is 12.4. The molecule has 2 aliphatic carbocycles. The number of hydrogen-bond acceptors (Lipinski definition) is 2. The highest BCUT2D eigenvalue weighted by atomic mass is 16.2. The summed E-state index contributed by atoms with van der Waals surface area (Å²) in [6.45, 7) is 2.26. The standard InChI is InChI=1S/C20H22N2O/c1-20-12-5-4-11-17(20)18(20)19(23)22-21-13-15-9-6-8-14-7-2-3-10-16(14)15/h2-3,6-10,13,17-18H,4-5,11-12H2,1H3,(H,22,23)/b21-13+/t17-,18+,20-/m0/s1. The lowest BCUT2D eigenvalue weighted by Gasteiger charge is -2.15. The Morgan fingerprint density at radius 2 is 2.04 bits per heavy atom. The van der Waals surface area contributed by atoms with Crippen LogP contribution in [0.25, 0.3) is 10.8 Å². The van der Waals surface area contributed by atoms with Gasteiger partial charge in [-0.2, -0.15) is 5.10 Å². The summed E-state index contributed by atoms with van der Waals surface area (Å²) in [4.78, 5) is 12.4. The largest absolute Gasteiger partial charge is 0.273 e. The van der Waals surface area contributed by atoms with Crippen molar-refractivity contribution in [2.45, 2.75) is 32.6 Å². The Labute approximate surface area is 136 Å². The minimum atomic E-state index is 0.0934. The van der Waals surface area contributed by atoms with Crippen LogP contribution in [0.2, 0.25) is 0 Å². The van der Waals surface area contributed by atoms with Crippen molar-refractivity contribution in [3.8, 4) is 0 Å². The van der Waals surface area contributed by atoms with Crippen molar-refractivity contribution in [3.05, 3.63) is 48.0 Å². The summed E-state index contributed by atoms with van der Waals surface area (Å²) in [5, 5.41) is 6.55. The molecule has 2 aliphatic rings. The van der Waals surface area contributed by atoms with E-state index >= 15 is 0 Å². The quantitative estimate of drug-likeness (QED) is 0.672. The van der Waals surface area contributed by atoms with E-state index in [0.717, 1.165) is 10.9 Å². The number of nitrogens with one attached hydrogen (secondary N) is 1. The average Bonchev–Trinajstić information content (AvgIpc) is 3.20. The lowest BCUT2D eigenvalue weighted by Crippen LogP contribution is -2.22. The third-order valence-electron chi connectivity index (χ3n) is 5.82. The first kappa shape index (κ1) is 14.4. The summed E-state index contributed by atoms with van der Waals surface area (Å²) in [5.41, 5.74) is 4.03. The van der Waals surface area contributed by atoms with E-state index in [4.69, 9.17) is 0 Å². The molecule has 0 aromatic heterocycles. The molecule has 4 rings (SSSR count). The summed E-state index contributed by atoms with van der Waals surface area (Å²) in [6, 6.07) is 14.3. The van der Waals surface area contributed by atoms with Gasteiger partial charge in [-0.05, 0) is 34.9 Å². The van der Waals surface area contributed by atoms with Crippen LogP contribution in [0.4, 0.5) is 0 Å². The number of hydrazone groups is 1. The third kappa shape index (κ3) is 2.44. The number of carbonyl (C=O) groups is 1. The molecule has 2 aromatic rings. The molecule has 1 N–H and O–H groups in total. The number of amides is 1. The molecule has 0 saturated heterocycles. The molecule has 2 aromatic carbocycles. The summed E-state index contributed by atoms with van der Waals surface area (Å²) in [6.07, 6.45) is 6.67. The van der Waals surface area contributed by atoms with Gasteiger partial charge in [-0.15, -0.1) is 0 Å². The highest BCUT2D eigenvalue weighted by molar-refractivity contribution is 6.00. The molecule has 0 heterocycles. The van der Waals surface area contributed by atoms with Gasteiger partial charge < -0.3 is 0 Å². The predicted molar refractivity (Wildman–Crippen MR) is 93.2 cm³/mol. The molecule has 3 nitrogen and oxygen atoms in total. The van der Waals surface area contributed by atoms with Gasteiger partial charge in [0.25, 0.3) is 0 Å². The summed E-state index contributed by atoms with van der Waals surface area (Å²) in [5.74, 6) is 0.828. The van der Waals surface area contributed by atoms with Crippen LogP contribution in [0, 0.1) is 17.3 Å². The van der Waals surface area contributed by atoms with Gasteiger partial charge in [-0.25, -0.2) is 5.43 Å². The van der Waals surface area contributed by atoms with E-state index in [1.54, 1.807) is 6.21 Å². The molecule has 1 amide bonds. The molecule has 23 heavy (non-hydrogen) atoms. The minimum absolute atomic E-state index is 0.0934. The van der Waals surface area contributed by atoms with Crippen LogP contribution in [0.15, 0.2) is 47.6 Å². The second-order valence-corrected chi connectivity index (χ2v) is 7.14. The van der Waals surface area contributed by atoms with E-state index in [1.165, 1.54) is 31.1 Å². The molecule has 0 bridgehead atoms. The van der Waals surface area contributed by atoms with Crippen molar-refractivity contribution in [1.82, 2.24) is 5.43 Å². The molecule has 0 unspecified atom stereocenters. The van der Waals surface area contributed by atoms with Crippen LogP contribution in [0.3, 0.4) is 0 Å². The van der Waals surface area contributed by atoms with Crippen LogP contribution in [-0.4, -0.2) is 12.1 Å². The fraction of sp³-hybridized carbons (Fsp3) is 0.400. The molecular weight excluding hydrogens is 284 g/mol. The molecule has 0 spiro atoms. The first-order valence-corrected chi connectivity index (χ1v) is 8.51. The highest BCUT2D eigenvalue weighted by Crippen LogP contribution is 2.66. The van der Waals surface area contributed by atoms with Gasteiger partial charge in [-0.3, -0.25) is 4.79 Å². The fourth-order valence-electron chi connectivity index (χ4n) is 4.45. The second-order valence-electron chi connectivity index (χ2n) is 7.14. The molecular formula is C20H22N2O. The van der Waals surface area contributed by atoms with E-state index in [2.05, 4.69) is 35.7 Å². The number of carbonyl (C=O) groups excluding carboxylic acids is 1. The van der Waals surface area contributed by atoms with Crippen molar-refractivity contribution in [2.24, 2.45) is 22.4 Å². The van der Waals surface area contributed by atoms with Crippen molar-refractivity contribution >= 4 is 22.9 Å². The van der Waals surface area contributed by atoms with E-state index in [0.29, 0.717) is 5.92 Å². The van der Waals surface area contributed by atoms with E-state index in [-0.39, 0.29) is 17.2 Å². The first-order chi connectivity index (χ1) is 11.2. The molecule has 2 fully saturated rings. The average molecular weight is 306 g/mol. The van der Waals surface area contributed by atoms with Gasteiger partial charge >= 0.3 is 0 Å². The van der Waals surface area contributed by atoms with Gasteiger partial charge in [0.15, 0.2) is 0 Å². The van der Waals surface area contributed by atoms with Gasteiger partial charge in [0.05, 0.1) is 6.21 Å². The maximum Gasteiger partial charge on any atom is 0.244 e. The Balaban J connectivity index is 1.46. The lowest BCUT2D eigenvalue weighted by molar-refractivity contribution is -0.123. The number of benzene rings is 2. The van der Waals surface area contributed by atoms with Crippen LogP contribution < -0.4 is 5.43 Å². The van der Waals surface area contributed by atoms with Gasteiger partial charge in [0, 0.05) is 11.5 Å². The molecule has 0 aliphatic heterocycles. The lowest BCUT2D eigenvalue weighted by atomic mass is 9.90. The third-order valence-corrected chi connectivity index (χ3v) is 5.82.